The van der Waals surface area contributed by atoms with E-state index < -0.39 is 0 Å². The second-order valence-electron chi connectivity index (χ2n) is 5.50. The highest BCUT2D eigenvalue weighted by Gasteiger charge is 2.43. The smallest absolute Gasteiger partial charge is 0.124 e. The van der Waals surface area contributed by atoms with Crippen molar-refractivity contribution in [1.82, 2.24) is 0 Å². The second-order valence-corrected chi connectivity index (χ2v) is 5.77. The summed E-state index contributed by atoms with van der Waals surface area (Å²) in [6.07, 6.45) is 5.50. The fraction of sp³-hybridized carbons (Fsp3) is 0.600. The molecule has 1 heterocycles. The first-order valence-electron chi connectivity index (χ1n) is 6.86. The highest BCUT2D eigenvalue weighted by molar-refractivity contribution is 6.17. The number of hydrogen-bond donors (Lipinski definition) is 0. The van der Waals surface area contributed by atoms with Gasteiger partial charge in [-0.05, 0) is 37.5 Å². The monoisotopic (exact) mass is 284 g/mol. The third kappa shape index (κ3) is 2.72. The van der Waals surface area contributed by atoms with E-state index >= 15 is 0 Å². The van der Waals surface area contributed by atoms with Gasteiger partial charge in [-0.15, -0.1) is 11.6 Å². The molecule has 1 atom stereocenters. The normalized spacial score (nSPS) is 25.1. The van der Waals surface area contributed by atoms with Crippen molar-refractivity contribution in [3.63, 3.8) is 0 Å². The molecule has 19 heavy (non-hydrogen) atoms. The molecule has 2 nitrogen and oxygen atoms in total. The van der Waals surface area contributed by atoms with Crippen LogP contribution >= 0.6 is 11.6 Å². The number of rotatable bonds is 3. The average molecular weight is 285 g/mol. The second kappa shape index (κ2) is 5.29. The molecule has 1 aliphatic heterocycles. The van der Waals surface area contributed by atoms with Gasteiger partial charge >= 0.3 is 0 Å². The topological polar surface area (TPSA) is 18.5 Å². The maximum atomic E-state index is 13.2. The van der Waals surface area contributed by atoms with Crippen LogP contribution in [-0.2, 0) is 10.6 Å². The summed E-state index contributed by atoms with van der Waals surface area (Å²) in [5.74, 6) is 0.699. The zero-order valence-electron chi connectivity index (χ0n) is 10.8. The van der Waals surface area contributed by atoms with E-state index in [4.69, 9.17) is 21.1 Å². The summed E-state index contributed by atoms with van der Waals surface area (Å²) in [5.41, 5.74) is 0.778. The van der Waals surface area contributed by atoms with Gasteiger partial charge in [-0.1, -0.05) is 0 Å². The fourth-order valence-corrected chi connectivity index (χ4v) is 3.16. The van der Waals surface area contributed by atoms with E-state index in [1.54, 1.807) is 6.07 Å². The van der Waals surface area contributed by atoms with Gasteiger partial charge in [0.25, 0.3) is 0 Å². The summed E-state index contributed by atoms with van der Waals surface area (Å²) in [6.45, 7) is 0.752. The Morgan fingerprint density at radius 3 is 2.95 bits per heavy atom. The van der Waals surface area contributed by atoms with Gasteiger partial charge < -0.3 is 9.47 Å². The van der Waals surface area contributed by atoms with Crippen LogP contribution in [0.25, 0.3) is 0 Å². The Hall–Kier alpha value is -0.800. The lowest BCUT2D eigenvalue weighted by Crippen LogP contribution is -2.48. The predicted octanol–water partition coefficient (Wildman–Crippen LogP) is 4.05. The van der Waals surface area contributed by atoms with Crippen LogP contribution in [0.15, 0.2) is 18.2 Å². The minimum Gasteiger partial charge on any atom is -0.490 e. The van der Waals surface area contributed by atoms with Crippen molar-refractivity contribution < 1.29 is 13.9 Å². The molecular weight excluding hydrogens is 267 g/mol. The van der Waals surface area contributed by atoms with E-state index in [2.05, 4.69) is 0 Å². The lowest BCUT2D eigenvalue weighted by molar-refractivity contribution is -0.153. The van der Waals surface area contributed by atoms with Crippen LogP contribution in [0.3, 0.4) is 0 Å². The van der Waals surface area contributed by atoms with E-state index in [1.165, 1.54) is 18.6 Å². The SMILES string of the molecule is Fc1ccc(OC2CCOC3(CCC3)C2)c(CCl)c1. The van der Waals surface area contributed by atoms with Gasteiger partial charge in [0.05, 0.1) is 18.1 Å². The van der Waals surface area contributed by atoms with E-state index in [9.17, 15) is 4.39 Å². The van der Waals surface area contributed by atoms with Crippen molar-refractivity contribution in [2.45, 2.75) is 49.7 Å². The molecule has 0 bridgehead atoms. The third-order valence-corrected chi connectivity index (χ3v) is 4.46. The zero-order valence-corrected chi connectivity index (χ0v) is 11.6. The Labute approximate surface area is 117 Å². The Morgan fingerprint density at radius 1 is 1.42 bits per heavy atom. The van der Waals surface area contributed by atoms with Gasteiger partial charge in [0.2, 0.25) is 0 Å². The van der Waals surface area contributed by atoms with Crippen molar-refractivity contribution in [2.24, 2.45) is 0 Å². The molecule has 2 fully saturated rings. The summed E-state index contributed by atoms with van der Waals surface area (Å²) in [7, 11) is 0. The molecule has 1 unspecified atom stereocenters. The van der Waals surface area contributed by atoms with Crippen LogP contribution < -0.4 is 4.74 Å². The average Bonchev–Trinajstić information content (AvgIpc) is 2.39. The first kappa shape index (κ1) is 13.2. The molecular formula is C15H18ClFO2. The largest absolute Gasteiger partial charge is 0.490 e. The summed E-state index contributed by atoms with van der Waals surface area (Å²) in [6, 6.07) is 4.54. The van der Waals surface area contributed by atoms with Crippen molar-refractivity contribution >= 4 is 11.6 Å². The lowest BCUT2D eigenvalue weighted by Gasteiger charge is -2.47. The van der Waals surface area contributed by atoms with Crippen LogP contribution in [0.5, 0.6) is 5.75 Å². The van der Waals surface area contributed by atoms with Gasteiger partial charge in [-0.25, -0.2) is 4.39 Å². The van der Waals surface area contributed by atoms with Gasteiger partial charge in [-0.3, -0.25) is 0 Å². The van der Waals surface area contributed by atoms with E-state index in [-0.39, 0.29) is 23.4 Å². The number of halogens is 2. The summed E-state index contributed by atoms with van der Waals surface area (Å²) in [4.78, 5) is 0. The molecule has 104 valence electrons. The molecule has 0 aromatic heterocycles. The molecule has 1 aromatic carbocycles. The molecule has 2 aliphatic rings. The summed E-state index contributed by atoms with van der Waals surface area (Å²) < 4.78 is 25.1. The molecule has 3 rings (SSSR count). The van der Waals surface area contributed by atoms with E-state index in [0.717, 1.165) is 37.9 Å². The minimum absolute atomic E-state index is 0.0596. The quantitative estimate of drug-likeness (QED) is 0.780. The molecule has 0 radical (unpaired) electrons. The van der Waals surface area contributed by atoms with Gasteiger partial charge in [0, 0.05) is 18.4 Å². The Bertz CT molecular complexity index is 459. The van der Waals surface area contributed by atoms with Crippen LogP contribution in [0, 0.1) is 5.82 Å². The molecule has 0 amide bonds. The Kier molecular flexibility index (Phi) is 3.68. The highest BCUT2D eigenvalue weighted by atomic mass is 35.5. The molecule has 1 aromatic rings. The molecule has 1 saturated carbocycles. The lowest BCUT2D eigenvalue weighted by atomic mass is 9.74. The maximum Gasteiger partial charge on any atom is 0.124 e. The van der Waals surface area contributed by atoms with Crippen LogP contribution in [0.4, 0.5) is 4.39 Å². The van der Waals surface area contributed by atoms with E-state index in [1.807, 2.05) is 0 Å². The van der Waals surface area contributed by atoms with Crippen LogP contribution in [0.1, 0.15) is 37.7 Å². The maximum absolute atomic E-state index is 13.2. The standard InChI is InChI=1S/C15H18ClFO2/c16-10-11-8-12(17)2-3-14(11)19-13-4-7-18-15(9-13)5-1-6-15/h2-3,8,13H,1,4-7,9-10H2. The molecule has 1 spiro atoms. The fourth-order valence-electron chi connectivity index (χ4n) is 2.95. The van der Waals surface area contributed by atoms with Gasteiger partial charge in [-0.2, -0.15) is 0 Å². The zero-order chi connectivity index (χ0) is 13.3. The van der Waals surface area contributed by atoms with Gasteiger partial charge in [0.15, 0.2) is 0 Å². The Morgan fingerprint density at radius 2 is 2.26 bits per heavy atom. The van der Waals surface area contributed by atoms with Crippen LogP contribution in [0.2, 0.25) is 0 Å². The van der Waals surface area contributed by atoms with Crippen molar-refractivity contribution in [3.8, 4) is 5.75 Å². The highest BCUT2D eigenvalue weighted by Crippen LogP contribution is 2.43. The molecule has 1 aliphatic carbocycles. The van der Waals surface area contributed by atoms with E-state index in [0.29, 0.717) is 5.75 Å². The first-order chi connectivity index (χ1) is 9.21. The van der Waals surface area contributed by atoms with Crippen molar-refractivity contribution in [2.75, 3.05) is 6.61 Å². The van der Waals surface area contributed by atoms with Crippen molar-refractivity contribution in [3.05, 3.63) is 29.6 Å². The number of alkyl halides is 1. The van der Waals surface area contributed by atoms with Crippen molar-refractivity contribution in [1.29, 1.82) is 0 Å². The summed E-state index contributed by atoms with van der Waals surface area (Å²) >= 11 is 5.84. The molecule has 0 N–H and O–H groups in total. The summed E-state index contributed by atoms with van der Waals surface area (Å²) in [5, 5.41) is 0. The molecule has 4 heteroatoms. The van der Waals surface area contributed by atoms with Crippen LogP contribution in [-0.4, -0.2) is 18.3 Å². The van der Waals surface area contributed by atoms with Gasteiger partial charge in [0.1, 0.15) is 17.7 Å². The predicted molar refractivity (Wildman–Crippen MR) is 72.1 cm³/mol. The number of hydrogen-bond acceptors (Lipinski definition) is 2. The number of ether oxygens (including phenoxy) is 2. The Balaban J connectivity index is 1.70. The molecule has 1 saturated heterocycles. The minimum atomic E-state index is -0.273. The first-order valence-corrected chi connectivity index (χ1v) is 7.39. The number of benzene rings is 1. The third-order valence-electron chi connectivity index (χ3n) is 4.17.